The second-order valence-electron chi connectivity index (χ2n) is 2.43. The predicted molar refractivity (Wildman–Crippen MR) is 56.3 cm³/mol. The van der Waals surface area contributed by atoms with E-state index < -0.39 is 34.9 Å². The number of halogens is 5. The Balaban J connectivity index is 3.08. The van der Waals surface area contributed by atoms with Gasteiger partial charge in [-0.05, 0) is 0 Å². The van der Waals surface area contributed by atoms with Crippen molar-refractivity contribution in [2.45, 2.75) is 4.18 Å². The van der Waals surface area contributed by atoms with Crippen molar-refractivity contribution in [3.63, 3.8) is 0 Å². The van der Waals surface area contributed by atoms with Gasteiger partial charge in [0.15, 0.2) is 0 Å². The summed E-state index contributed by atoms with van der Waals surface area (Å²) < 4.78 is 68.1. The van der Waals surface area contributed by atoms with Crippen molar-refractivity contribution >= 4 is 30.7 Å². The van der Waals surface area contributed by atoms with Crippen LogP contribution in [0.2, 0.25) is 0 Å². The van der Waals surface area contributed by atoms with Gasteiger partial charge < -0.3 is 0 Å². The van der Waals surface area contributed by atoms with Gasteiger partial charge in [-0.2, -0.15) is 0 Å². The average Bonchev–Trinajstić information content (AvgIpc) is 2.13. The van der Waals surface area contributed by atoms with E-state index >= 15 is 0 Å². The summed E-state index contributed by atoms with van der Waals surface area (Å²) in [6.45, 7) is 0. The van der Waals surface area contributed by atoms with Crippen LogP contribution >= 0.6 is 20.2 Å². The molecule has 0 radical (unpaired) electrons. The van der Waals surface area contributed by atoms with Gasteiger partial charge in [0.1, 0.15) is 0 Å². The van der Waals surface area contributed by atoms with Crippen LogP contribution in [-0.2, 0) is 13.0 Å². The number of hydrogen-bond donors (Lipinski definition) is 0. The van der Waals surface area contributed by atoms with Crippen LogP contribution in [0.3, 0.4) is 0 Å². The Morgan fingerprint density at radius 2 is 1.62 bits per heavy atom. The van der Waals surface area contributed by atoms with Crippen LogP contribution in [0.25, 0.3) is 0 Å². The Kier molecular flexibility index (Phi) is 4.12. The molecule has 0 aliphatic carbocycles. The molecule has 1 aromatic carbocycles. The van der Waals surface area contributed by atoms with Gasteiger partial charge in [-0.3, -0.25) is 0 Å². The Hall–Kier alpha value is -0.420. The van der Waals surface area contributed by atoms with Crippen molar-refractivity contribution in [2.24, 2.45) is 0 Å². The van der Waals surface area contributed by atoms with E-state index in [0.717, 1.165) is 12.1 Å². The number of hydrogen-bond acceptors (Lipinski definition) is 3. The molecular formula is C7H5F4IO3S. The van der Waals surface area contributed by atoms with Crippen molar-refractivity contribution < 1.29 is 28.0 Å². The molecule has 1 rings (SSSR count). The molecule has 0 aromatic heterocycles. The third-order valence-electron chi connectivity index (χ3n) is 1.26. The van der Waals surface area contributed by atoms with Gasteiger partial charge in [0, 0.05) is 0 Å². The first-order chi connectivity index (χ1) is 7.20. The molecule has 0 aliphatic heterocycles. The minimum atomic E-state index is -5.61. The van der Waals surface area contributed by atoms with Crippen LogP contribution in [-0.4, -0.2) is 12.6 Å². The van der Waals surface area contributed by atoms with Crippen LogP contribution in [0.15, 0.2) is 30.3 Å². The molecule has 3 nitrogen and oxygen atoms in total. The Bertz CT molecular complexity index is 444. The average molecular weight is 372 g/mol. The van der Waals surface area contributed by atoms with Crippen LogP contribution in [0, 0.1) is 3.57 Å². The molecule has 9 heteroatoms. The number of benzene rings is 1. The monoisotopic (exact) mass is 372 g/mol. The van der Waals surface area contributed by atoms with Crippen LogP contribution in [0.4, 0.5) is 17.1 Å². The maximum atomic E-state index is 12.4. The van der Waals surface area contributed by atoms with Gasteiger partial charge in [0.05, 0.1) is 0 Å². The van der Waals surface area contributed by atoms with Gasteiger partial charge in [0.25, 0.3) is 0 Å². The van der Waals surface area contributed by atoms with E-state index in [2.05, 4.69) is 2.51 Å². The van der Waals surface area contributed by atoms with E-state index in [-0.39, 0.29) is 3.57 Å². The summed E-state index contributed by atoms with van der Waals surface area (Å²) in [5, 5.41) is 0. The van der Waals surface area contributed by atoms with E-state index in [0.29, 0.717) is 0 Å². The fraction of sp³-hybridized carbons (Fsp3) is 0.143. The molecule has 0 unspecified atom stereocenters. The quantitative estimate of drug-likeness (QED) is 0.355. The summed E-state index contributed by atoms with van der Waals surface area (Å²) in [5.41, 5.74) is 0. The van der Waals surface area contributed by atoms with Gasteiger partial charge >= 0.3 is 96.8 Å². The topological polar surface area (TPSA) is 43.4 Å². The first kappa shape index (κ1) is 13.6. The Morgan fingerprint density at radius 3 is 2.00 bits per heavy atom. The van der Waals surface area contributed by atoms with Crippen LogP contribution in [0.1, 0.15) is 0 Å². The van der Waals surface area contributed by atoms with E-state index in [1.54, 1.807) is 0 Å². The van der Waals surface area contributed by atoms with Crippen molar-refractivity contribution in [3.8, 4) is 0 Å². The number of alkyl halides is 4. The van der Waals surface area contributed by atoms with Crippen LogP contribution < -0.4 is 0 Å². The molecule has 0 fully saturated rings. The fourth-order valence-corrected chi connectivity index (χ4v) is 5.39. The third kappa shape index (κ3) is 4.22. The van der Waals surface area contributed by atoms with E-state index in [4.69, 9.17) is 0 Å². The van der Waals surface area contributed by atoms with Crippen LogP contribution in [0.5, 0.6) is 0 Å². The predicted octanol–water partition coefficient (Wildman–Crippen LogP) is 3.03. The molecule has 0 spiro atoms. The second-order valence-corrected chi connectivity index (χ2v) is 8.31. The molecule has 0 saturated carbocycles. The molecule has 92 valence electrons. The summed E-state index contributed by atoms with van der Waals surface area (Å²) >= 11 is -4.57. The zero-order chi connectivity index (χ0) is 12.4. The molecule has 0 heterocycles. The van der Waals surface area contributed by atoms with E-state index in [9.17, 15) is 25.5 Å². The molecule has 0 N–H and O–H groups in total. The summed E-state index contributed by atoms with van der Waals surface area (Å²) in [6, 6.07) is 6.16. The zero-order valence-corrected chi connectivity index (χ0v) is 10.4. The van der Waals surface area contributed by atoms with Gasteiger partial charge in [-0.15, -0.1) is 0 Å². The summed E-state index contributed by atoms with van der Waals surface area (Å²) in [5.74, 6) is 0. The van der Waals surface area contributed by atoms with E-state index in [1.807, 2.05) is 0 Å². The first-order valence-corrected chi connectivity index (χ1v) is 8.01. The van der Waals surface area contributed by atoms with Crippen molar-refractivity contribution in [2.75, 3.05) is 0 Å². The molecule has 1 aromatic rings. The fourth-order valence-electron chi connectivity index (χ4n) is 0.800. The normalized spacial score (nSPS) is 13.6. The molecule has 0 aliphatic rings. The summed E-state index contributed by atoms with van der Waals surface area (Å²) in [6.07, 6.45) is 0. The standard InChI is InChI=1S/C7H5F4IO3S/c8-7(9,10)12(15-16(11,13)14)6-4-2-1-3-5-6/h1-5H. The molecule has 16 heavy (non-hydrogen) atoms. The van der Waals surface area contributed by atoms with Crippen molar-refractivity contribution in [3.05, 3.63) is 33.9 Å². The molecule has 0 bridgehead atoms. The van der Waals surface area contributed by atoms with E-state index in [1.165, 1.54) is 18.2 Å². The van der Waals surface area contributed by atoms with Gasteiger partial charge in [0.2, 0.25) is 0 Å². The molecule has 0 saturated heterocycles. The molecule has 0 amide bonds. The van der Waals surface area contributed by atoms with Gasteiger partial charge in [-0.1, -0.05) is 0 Å². The molecule has 0 atom stereocenters. The summed E-state index contributed by atoms with van der Waals surface area (Å²) in [4.78, 5) is 0. The molecular weight excluding hydrogens is 367 g/mol. The minimum absolute atomic E-state index is 0.333. The number of rotatable bonds is 3. The second kappa shape index (κ2) is 4.84. The van der Waals surface area contributed by atoms with Crippen molar-refractivity contribution in [1.29, 1.82) is 0 Å². The SMILES string of the molecule is O=S(=O)(F)OI(c1ccccc1)C(F)(F)F. The first-order valence-electron chi connectivity index (χ1n) is 3.66. The zero-order valence-electron chi connectivity index (χ0n) is 7.41. The maximum absolute atomic E-state index is 12.4. The summed E-state index contributed by atoms with van der Waals surface area (Å²) in [7, 11) is -5.61. The van der Waals surface area contributed by atoms with Crippen molar-refractivity contribution in [1.82, 2.24) is 0 Å². The Labute approximate surface area is 96.8 Å². The third-order valence-corrected chi connectivity index (χ3v) is 6.87. The van der Waals surface area contributed by atoms with Gasteiger partial charge in [-0.25, -0.2) is 0 Å². The Morgan fingerprint density at radius 1 is 1.12 bits per heavy atom.